The number of hydrogen-bond donors (Lipinski definition) is 1. The number of benzene rings is 1. The predicted molar refractivity (Wildman–Crippen MR) is 108 cm³/mol. The smallest absolute Gasteiger partial charge is 0.337 e. The van der Waals surface area contributed by atoms with Crippen molar-refractivity contribution in [3.63, 3.8) is 0 Å². The molecule has 14 heteroatoms. The molecule has 1 N–H and O–H groups in total. The summed E-state index contributed by atoms with van der Waals surface area (Å²) in [5.74, 6) is -3.65. The summed E-state index contributed by atoms with van der Waals surface area (Å²) in [5.41, 5.74) is -0.0625. The number of hydrogen-bond acceptors (Lipinski definition) is 7. The maximum Gasteiger partial charge on any atom is 0.357 e. The molecule has 1 aromatic carbocycles. The van der Waals surface area contributed by atoms with Gasteiger partial charge in [0.05, 0.1) is 18.8 Å². The summed E-state index contributed by atoms with van der Waals surface area (Å²) in [4.78, 5) is 24.7. The number of amides is 2. The molecule has 1 aromatic rings. The first-order valence-electron chi connectivity index (χ1n) is 8.29. The molecule has 1 aliphatic heterocycles. The Balaban J connectivity index is 2.28. The van der Waals surface area contributed by atoms with Crippen LogP contribution in [0.4, 0.5) is 0 Å². The van der Waals surface area contributed by atoms with E-state index in [9.17, 15) is 22.6 Å². The van der Waals surface area contributed by atoms with E-state index in [1.807, 2.05) is 0 Å². The fourth-order valence-corrected chi connectivity index (χ4v) is 7.12. The van der Waals surface area contributed by atoms with Crippen LogP contribution in [0.15, 0.2) is 29.2 Å². The van der Waals surface area contributed by atoms with Crippen molar-refractivity contribution < 1.29 is 31.6 Å². The highest BCUT2D eigenvalue weighted by atomic mass is 35.6. The first-order valence-corrected chi connectivity index (χ1v) is 12.5. The molecule has 0 bridgehead atoms. The second-order valence-electron chi connectivity index (χ2n) is 5.70. The molecular formula is C15H18Cl3N2O7PS. The largest absolute Gasteiger partial charge is 0.357 e. The van der Waals surface area contributed by atoms with Gasteiger partial charge in [0.1, 0.15) is 11.4 Å². The van der Waals surface area contributed by atoms with E-state index in [0.29, 0.717) is 4.31 Å². The van der Waals surface area contributed by atoms with Crippen LogP contribution in [0.25, 0.3) is 0 Å². The highest BCUT2D eigenvalue weighted by Gasteiger charge is 2.50. The predicted octanol–water partition coefficient (Wildman–Crippen LogP) is 2.91. The van der Waals surface area contributed by atoms with E-state index in [-0.39, 0.29) is 23.7 Å². The van der Waals surface area contributed by atoms with E-state index in [1.54, 1.807) is 0 Å². The lowest BCUT2D eigenvalue weighted by Gasteiger charge is -2.31. The first-order chi connectivity index (χ1) is 13.4. The van der Waals surface area contributed by atoms with Crippen LogP contribution < -0.4 is 5.32 Å². The van der Waals surface area contributed by atoms with E-state index in [4.69, 9.17) is 43.9 Å². The second kappa shape index (κ2) is 9.09. The van der Waals surface area contributed by atoms with Crippen LogP contribution in [0.1, 0.15) is 24.2 Å². The summed E-state index contributed by atoms with van der Waals surface area (Å²) in [6.07, 6.45) is 0. The SMILES string of the molecule is CCOP(=O)(OCC)[C@H](NC(=O)CN1C(=O)c2ccccc2S1(=O)=O)C(Cl)(Cl)Cl. The highest BCUT2D eigenvalue weighted by molar-refractivity contribution is 7.90. The van der Waals surface area contributed by atoms with Gasteiger partial charge in [-0.25, -0.2) is 12.7 Å². The third kappa shape index (κ3) is 5.07. The van der Waals surface area contributed by atoms with Crippen molar-refractivity contribution in [2.45, 2.75) is 28.3 Å². The summed E-state index contributed by atoms with van der Waals surface area (Å²) in [5, 5.41) is 2.17. The molecule has 29 heavy (non-hydrogen) atoms. The molecule has 2 amide bonds. The normalized spacial score (nSPS) is 17.1. The summed E-state index contributed by atoms with van der Waals surface area (Å²) in [6, 6.07) is 5.53. The van der Waals surface area contributed by atoms with Crippen molar-refractivity contribution in [2.75, 3.05) is 19.8 Å². The number of carbonyl (C=O) groups excluding carboxylic acids is 2. The minimum absolute atomic E-state index is 0.0625. The fourth-order valence-electron chi connectivity index (χ4n) is 2.60. The average molecular weight is 508 g/mol. The Hall–Kier alpha value is -0.870. The first kappa shape index (κ1) is 24.4. The van der Waals surface area contributed by atoms with Gasteiger partial charge >= 0.3 is 7.60 Å². The van der Waals surface area contributed by atoms with Crippen LogP contribution in [0.5, 0.6) is 0 Å². The van der Waals surface area contributed by atoms with Crippen LogP contribution in [0.3, 0.4) is 0 Å². The molecule has 1 aliphatic rings. The Bertz CT molecular complexity index is 941. The van der Waals surface area contributed by atoms with Crippen molar-refractivity contribution in [1.82, 2.24) is 9.62 Å². The van der Waals surface area contributed by atoms with Gasteiger partial charge in [0, 0.05) is 0 Å². The Morgan fingerprint density at radius 3 is 2.24 bits per heavy atom. The lowest BCUT2D eigenvalue weighted by molar-refractivity contribution is -0.121. The molecule has 0 aromatic heterocycles. The van der Waals surface area contributed by atoms with Gasteiger partial charge in [-0.15, -0.1) is 0 Å². The van der Waals surface area contributed by atoms with Gasteiger partial charge in [-0.2, -0.15) is 0 Å². The minimum atomic E-state index is -4.23. The topological polar surface area (TPSA) is 119 Å². The average Bonchev–Trinajstić information content (AvgIpc) is 2.80. The van der Waals surface area contributed by atoms with Gasteiger partial charge in [0.15, 0.2) is 5.78 Å². The number of sulfonamides is 1. The number of rotatable bonds is 8. The van der Waals surface area contributed by atoms with Gasteiger partial charge < -0.3 is 14.4 Å². The molecule has 0 saturated heterocycles. The summed E-state index contributed by atoms with van der Waals surface area (Å²) in [6.45, 7) is 1.99. The van der Waals surface area contributed by atoms with Crippen LogP contribution in [0.2, 0.25) is 0 Å². The number of halogens is 3. The zero-order chi connectivity index (χ0) is 22.0. The van der Waals surface area contributed by atoms with Gasteiger partial charge in [-0.1, -0.05) is 46.9 Å². The Labute approximate surface area is 183 Å². The van der Waals surface area contributed by atoms with Gasteiger partial charge in [-0.3, -0.25) is 14.2 Å². The molecule has 0 fully saturated rings. The molecule has 0 unspecified atom stereocenters. The second-order valence-corrected chi connectivity index (χ2v) is 12.0. The molecule has 9 nitrogen and oxygen atoms in total. The van der Waals surface area contributed by atoms with E-state index in [0.717, 1.165) is 0 Å². The maximum absolute atomic E-state index is 13.0. The molecule has 1 heterocycles. The zero-order valence-corrected chi connectivity index (χ0v) is 19.3. The molecule has 162 valence electrons. The number of nitrogens with zero attached hydrogens (tertiary/aromatic N) is 1. The van der Waals surface area contributed by atoms with Gasteiger partial charge in [0.25, 0.3) is 15.9 Å². The molecule has 0 aliphatic carbocycles. The van der Waals surface area contributed by atoms with Crippen molar-refractivity contribution in [3.05, 3.63) is 29.8 Å². The third-order valence-corrected chi connectivity index (χ3v) is 9.02. The Morgan fingerprint density at radius 2 is 1.76 bits per heavy atom. The molecule has 0 spiro atoms. The Kier molecular flexibility index (Phi) is 7.65. The molecular weight excluding hydrogens is 490 g/mol. The van der Waals surface area contributed by atoms with E-state index in [1.165, 1.54) is 38.1 Å². The van der Waals surface area contributed by atoms with Crippen molar-refractivity contribution in [2.24, 2.45) is 0 Å². The summed E-state index contributed by atoms with van der Waals surface area (Å²) >= 11 is 17.6. The number of nitrogens with one attached hydrogen (secondary N) is 1. The van der Waals surface area contributed by atoms with Crippen molar-refractivity contribution >= 4 is 64.2 Å². The quantitative estimate of drug-likeness (QED) is 0.424. The molecule has 0 radical (unpaired) electrons. The standard InChI is InChI=1S/C15H18Cl3N2O7PS/c1-3-26-28(23,27-4-2)14(15(16,17)18)19-12(21)9-20-13(22)10-7-5-6-8-11(10)29(20,24)25/h5-8,14H,3-4,9H2,1-2H3,(H,19,21)/t14-/m0/s1. The number of fused-ring (bicyclic) bond motifs is 1. The monoisotopic (exact) mass is 506 g/mol. The third-order valence-electron chi connectivity index (χ3n) is 3.74. The van der Waals surface area contributed by atoms with Crippen LogP contribution >= 0.6 is 42.4 Å². The summed E-state index contributed by atoms with van der Waals surface area (Å²) in [7, 11) is -8.36. The highest BCUT2D eigenvalue weighted by Crippen LogP contribution is 2.58. The van der Waals surface area contributed by atoms with E-state index in [2.05, 4.69) is 5.32 Å². The van der Waals surface area contributed by atoms with Crippen LogP contribution in [0, 0.1) is 0 Å². The lowest BCUT2D eigenvalue weighted by Crippen LogP contribution is -2.48. The van der Waals surface area contributed by atoms with Gasteiger partial charge in [0.2, 0.25) is 9.70 Å². The Morgan fingerprint density at radius 1 is 1.21 bits per heavy atom. The zero-order valence-electron chi connectivity index (χ0n) is 15.3. The van der Waals surface area contributed by atoms with Gasteiger partial charge in [-0.05, 0) is 26.0 Å². The molecule has 2 rings (SSSR count). The van der Waals surface area contributed by atoms with Crippen molar-refractivity contribution in [3.8, 4) is 0 Å². The minimum Gasteiger partial charge on any atom is -0.337 e. The van der Waals surface area contributed by atoms with Crippen molar-refractivity contribution in [1.29, 1.82) is 0 Å². The van der Waals surface area contributed by atoms with E-state index >= 15 is 0 Å². The number of alkyl halides is 3. The lowest BCUT2D eigenvalue weighted by atomic mass is 10.2. The van der Waals surface area contributed by atoms with Crippen LogP contribution in [-0.2, 0) is 28.4 Å². The summed E-state index contributed by atoms with van der Waals surface area (Å²) < 4.78 is 46.4. The van der Waals surface area contributed by atoms with Crippen LogP contribution in [-0.4, -0.2) is 53.9 Å². The molecule has 0 saturated carbocycles. The van der Waals surface area contributed by atoms with E-state index < -0.39 is 45.6 Å². The molecule has 1 atom stereocenters. The number of carbonyl (C=O) groups is 2. The fraction of sp³-hybridized carbons (Fsp3) is 0.467. The maximum atomic E-state index is 13.0.